The predicted octanol–water partition coefficient (Wildman–Crippen LogP) is 2.53. The van der Waals surface area contributed by atoms with Crippen LogP contribution in [0.15, 0.2) is 36.5 Å². The molecule has 0 saturated carbocycles. The van der Waals surface area contributed by atoms with Crippen LogP contribution in [-0.4, -0.2) is 13.7 Å². The molecule has 0 bridgehead atoms. The van der Waals surface area contributed by atoms with Gasteiger partial charge in [-0.25, -0.2) is 8.78 Å². The standard InChI is InChI=1S/C8H10F2O/c1-3-4-7(9)5-8(10)6-11-2/h3-5H,1,6H2,2H3/b7-4+,8-5+. The second kappa shape index (κ2) is 5.80. The molecule has 0 unspecified atom stereocenters. The summed E-state index contributed by atoms with van der Waals surface area (Å²) in [4.78, 5) is 0. The molecule has 0 N–H and O–H groups in total. The highest BCUT2D eigenvalue weighted by Crippen LogP contribution is 2.05. The van der Waals surface area contributed by atoms with Gasteiger partial charge in [0.15, 0.2) is 0 Å². The Kier molecular flexibility index (Phi) is 5.29. The van der Waals surface area contributed by atoms with Gasteiger partial charge in [0.05, 0.1) is 6.61 Å². The highest BCUT2D eigenvalue weighted by Gasteiger charge is 1.94. The van der Waals surface area contributed by atoms with Gasteiger partial charge in [0.1, 0.15) is 11.7 Å². The molecule has 0 amide bonds. The van der Waals surface area contributed by atoms with Crippen LogP contribution in [0.2, 0.25) is 0 Å². The Morgan fingerprint density at radius 3 is 2.64 bits per heavy atom. The van der Waals surface area contributed by atoms with E-state index in [4.69, 9.17) is 0 Å². The average Bonchev–Trinajstić information content (AvgIpc) is 1.87. The van der Waals surface area contributed by atoms with E-state index < -0.39 is 11.7 Å². The highest BCUT2D eigenvalue weighted by molar-refractivity contribution is 5.18. The molecule has 1 nitrogen and oxygen atoms in total. The first kappa shape index (κ1) is 10.0. The van der Waals surface area contributed by atoms with Crippen LogP contribution in [0.25, 0.3) is 0 Å². The topological polar surface area (TPSA) is 9.23 Å². The van der Waals surface area contributed by atoms with Gasteiger partial charge in [-0.05, 0) is 6.08 Å². The third-order valence-electron chi connectivity index (χ3n) is 0.854. The van der Waals surface area contributed by atoms with Crippen molar-refractivity contribution in [2.75, 3.05) is 13.7 Å². The van der Waals surface area contributed by atoms with E-state index in [1.54, 1.807) is 0 Å². The molecule has 0 aromatic heterocycles. The van der Waals surface area contributed by atoms with Gasteiger partial charge < -0.3 is 4.74 Å². The Morgan fingerprint density at radius 2 is 2.18 bits per heavy atom. The summed E-state index contributed by atoms with van der Waals surface area (Å²) in [6.45, 7) is 3.04. The number of methoxy groups -OCH3 is 1. The average molecular weight is 160 g/mol. The lowest BCUT2D eigenvalue weighted by molar-refractivity contribution is 0.206. The van der Waals surface area contributed by atoms with Crippen molar-refractivity contribution in [2.24, 2.45) is 0 Å². The maximum atomic E-state index is 12.4. The number of ether oxygens (including phenoxy) is 1. The predicted molar refractivity (Wildman–Crippen MR) is 40.5 cm³/mol. The molecule has 0 aliphatic carbocycles. The van der Waals surface area contributed by atoms with Gasteiger partial charge in [0, 0.05) is 13.2 Å². The Hall–Kier alpha value is -0.960. The normalized spacial score (nSPS) is 13.4. The summed E-state index contributed by atoms with van der Waals surface area (Å²) in [5.41, 5.74) is 0. The van der Waals surface area contributed by atoms with E-state index in [0.717, 1.165) is 12.2 Å². The van der Waals surface area contributed by atoms with Crippen molar-refractivity contribution in [2.45, 2.75) is 0 Å². The molecule has 0 rings (SSSR count). The quantitative estimate of drug-likeness (QED) is 0.574. The Labute approximate surface area is 64.7 Å². The third kappa shape index (κ3) is 5.48. The van der Waals surface area contributed by atoms with E-state index in [9.17, 15) is 8.78 Å². The molecule has 0 aromatic rings. The van der Waals surface area contributed by atoms with Crippen LogP contribution in [0.1, 0.15) is 0 Å². The first-order valence-electron chi connectivity index (χ1n) is 3.04. The lowest BCUT2D eigenvalue weighted by Crippen LogP contribution is -1.87. The van der Waals surface area contributed by atoms with Gasteiger partial charge in [0.25, 0.3) is 0 Å². The molecule has 3 heteroatoms. The molecule has 62 valence electrons. The van der Waals surface area contributed by atoms with E-state index in [0.29, 0.717) is 0 Å². The maximum absolute atomic E-state index is 12.4. The minimum Gasteiger partial charge on any atom is -0.378 e. The smallest absolute Gasteiger partial charge is 0.128 e. The fraction of sp³-hybridized carbons (Fsp3) is 0.250. The monoisotopic (exact) mass is 160 g/mol. The molecule has 0 heterocycles. The number of hydrogen-bond donors (Lipinski definition) is 0. The SMILES string of the molecule is C=C/C=C(F)\C=C(\F)COC. The van der Waals surface area contributed by atoms with E-state index in [1.165, 1.54) is 13.2 Å². The molecular weight excluding hydrogens is 150 g/mol. The van der Waals surface area contributed by atoms with E-state index in [2.05, 4.69) is 11.3 Å². The molecule has 0 atom stereocenters. The summed E-state index contributed by atoms with van der Waals surface area (Å²) in [6.07, 6.45) is 3.06. The van der Waals surface area contributed by atoms with Gasteiger partial charge in [0.2, 0.25) is 0 Å². The van der Waals surface area contributed by atoms with Crippen LogP contribution >= 0.6 is 0 Å². The molecule has 0 aromatic carbocycles. The van der Waals surface area contributed by atoms with Crippen molar-refractivity contribution in [3.8, 4) is 0 Å². The number of rotatable bonds is 4. The van der Waals surface area contributed by atoms with Crippen LogP contribution in [-0.2, 0) is 4.74 Å². The lowest BCUT2D eigenvalue weighted by Gasteiger charge is -1.92. The molecule has 0 saturated heterocycles. The van der Waals surface area contributed by atoms with Gasteiger partial charge in [-0.3, -0.25) is 0 Å². The first-order chi connectivity index (χ1) is 5.20. The third-order valence-corrected chi connectivity index (χ3v) is 0.854. The summed E-state index contributed by atoms with van der Waals surface area (Å²) >= 11 is 0. The minimum atomic E-state index is -0.672. The van der Waals surface area contributed by atoms with E-state index in [-0.39, 0.29) is 6.61 Å². The van der Waals surface area contributed by atoms with Gasteiger partial charge in [-0.15, -0.1) is 0 Å². The number of hydrogen-bond acceptors (Lipinski definition) is 1. The fourth-order valence-electron chi connectivity index (χ4n) is 0.490. The van der Waals surface area contributed by atoms with E-state index >= 15 is 0 Å². The number of halogens is 2. The van der Waals surface area contributed by atoms with Crippen molar-refractivity contribution in [3.63, 3.8) is 0 Å². The second-order valence-electron chi connectivity index (χ2n) is 1.81. The van der Waals surface area contributed by atoms with Crippen LogP contribution in [0.5, 0.6) is 0 Å². The molecular formula is C8H10F2O. The van der Waals surface area contributed by atoms with Gasteiger partial charge in [-0.2, -0.15) is 0 Å². The van der Waals surface area contributed by atoms with Crippen molar-refractivity contribution < 1.29 is 13.5 Å². The molecule has 0 radical (unpaired) electrons. The first-order valence-corrected chi connectivity index (χ1v) is 3.04. The number of allylic oxidation sites excluding steroid dienone is 4. The largest absolute Gasteiger partial charge is 0.378 e. The summed E-state index contributed by atoms with van der Waals surface area (Å²) in [5, 5.41) is 0. The Bertz CT molecular complexity index is 183. The zero-order valence-electron chi connectivity index (χ0n) is 6.31. The highest BCUT2D eigenvalue weighted by atomic mass is 19.1. The summed E-state index contributed by atoms with van der Waals surface area (Å²) in [7, 11) is 1.34. The van der Waals surface area contributed by atoms with Crippen LogP contribution < -0.4 is 0 Å². The lowest BCUT2D eigenvalue weighted by atomic mass is 10.4. The summed E-state index contributed by atoms with van der Waals surface area (Å²) in [6, 6.07) is 0. The molecule has 0 aliphatic rings. The molecule has 11 heavy (non-hydrogen) atoms. The zero-order chi connectivity index (χ0) is 8.69. The van der Waals surface area contributed by atoms with Gasteiger partial charge >= 0.3 is 0 Å². The van der Waals surface area contributed by atoms with Crippen molar-refractivity contribution in [3.05, 3.63) is 36.5 Å². The maximum Gasteiger partial charge on any atom is 0.128 e. The Morgan fingerprint density at radius 1 is 1.55 bits per heavy atom. The van der Waals surface area contributed by atoms with Crippen LogP contribution in [0.3, 0.4) is 0 Å². The van der Waals surface area contributed by atoms with Crippen molar-refractivity contribution in [1.82, 2.24) is 0 Å². The zero-order valence-corrected chi connectivity index (χ0v) is 6.31. The summed E-state index contributed by atoms with van der Waals surface area (Å²) < 4.78 is 29.2. The summed E-state index contributed by atoms with van der Waals surface area (Å²) in [5.74, 6) is -1.32. The Balaban J connectivity index is 4.06. The van der Waals surface area contributed by atoms with Crippen LogP contribution in [0.4, 0.5) is 8.78 Å². The second-order valence-corrected chi connectivity index (χ2v) is 1.81. The molecule has 0 fully saturated rings. The van der Waals surface area contributed by atoms with Crippen molar-refractivity contribution >= 4 is 0 Å². The molecule has 0 aliphatic heterocycles. The van der Waals surface area contributed by atoms with Gasteiger partial charge in [-0.1, -0.05) is 12.7 Å². The molecule has 0 spiro atoms. The minimum absolute atomic E-state index is 0.210. The van der Waals surface area contributed by atoms with Crippen molar-refractivity contribution in [1.29, 1.82) is 0 Å². The fourth-order valence-corrected chi connectivity index (χ4v) is 0.490. The van der Waals surface area contributed by atoms with Crippen LogP contribution in [0, 0.1) is 0 Å². The van der Waals surface area contributed by atoms with E-state index in [1.807, 2.05) is 0 Å².